The Balaban J connectivity index is 1.92. The van der Waals surface area contributed by atoms with Crippen LogP contribution in [0.1, 0.15) is 11.4 Å². The number of carbonyl (C=O) groups excluding carboxylic acids is 1. The quantitative estimate of drug-likeness (QED) is 0.571. The van der Waals surface area contributed by atoms with Crippen molar-refractivity contribution in [2.24, 2.45) is 7.05 Å². The van der Waals surface area contributed by atoms with Gasteiger partial charge in [-0.3, -0.25) is 4.79 Å². The number of carbonyl (C=O) groups is 1. The Labute approximate surface area is 149 Å². The highest BCUT2D eigenvalue weighted by molar-refractivity contribution is 9.11. The van der Waals surface area contributed by atoms with Gasteiger partial charge in [0.1, 0.15) is 5.82 Å². The number of halogens is 2. The summed E-state index contributed by atoms with van der Waals surface area (Å²) in [4.78, 5) is 17.0. The van der Waals surface area contributed by atoms with E-state index in [2.05, 4.69) is 42.2 Å². The van der Waals surface area contributed by atoms with Crippen molar-refractivity contribution in [2.75, 3.05) is 5.32 Å². The van der Waals surface area contributed by atoms with E-state index in [0.29, 0.717) is 5.57 Å². The van der Waals surface area contributed by atoms with Crippen molar-refractivity contribution in [1.29, 1.82) is 0 Å². The summed E-state index contributed by atoms with van der Waals surface area (Å²) in [5, 5.41) is 2.90. The molecule has 0 aliphatic carbocycles. The predicted octanol–water partition coefficient (Wildman–Crippen LogP) is 4.59. The topological polar surface area (TPSA) is 46.9 Å². The molecule has 0 atom stereocenters. The highest BCUT2D eigenvalue weighted by Gasteiger charge is 2.27. The molecule has 6 heteroatoms. The fourth-order valence-electron chi connectivity index (χ4n) is 2.78. The number of para-hydroxylation sites is 2. The number of nitrogens with one attached hydrogen (secondary N) is 1. The molecule has 1 aliphatic rings. The number of amides is 1. The molecule has 3 aromatic rings. The van der Waals surface area contributed by atoms with Crippen LogP contribution in [-0.4, -0.2) is 15.5 Å². The Morgan fingerprint density at radius 3 is 2.78 bits per heavy atom. The van der Waals surface area contributed by atoms with E-state index in [1.165, 1.54) is 0 Å². The first-order chi connectivity index (χ1) is 11.0. The molecule has 1 aliphatic heterocycles. The summed E-state index contributed by atoms with van der Waals surface area (Å²) in [7, 11) is 1.95. The number of hydrogen-bond acceptors (Lipinski definition) is 2. The average Bonchev–Trinajstić information content (AvgIpc) is 3.00. The molecule has 4 nitrogen and oxygen atoms in total. The molecule has 4 rings (SSSR count). The van der Waals surface area contributed by atoms with Gasteiger partial charge in [0.15, 0.2) is 0 Å². The smallest absolute Gasteiger partial charge is 0.256 e. The first-order valence-electron chi connectivity index (χ1n) is 6.98. The number of imidazole rings is 1. The van der Waals surface area contributed by atoms with Gasteiger partial charge in [-0.15, -0.1) is 0 Å². The minimum atomic E-state index is -0.120. The average molecular weight is 433 g/mol. The van der Waals surface area contributed by atoms with Gasteiger partial charge >= 0.3 is 0 Å². The van der Waals surface area contributed by atoms with Gasteiger partial charge in [0, 0.05) is 21.6 Å². The number of hydrogen-bond donors (Lipinski definition) is 1. The predicted molar refractivity (Wildman–Crippen MR) is 99.1 cm³/mol. The summed E-state index contributed by atoms with van der Waals surface area (Å²) in [6, 6.07) is 11.8. The molecular formula is C17H11Br2N3O. The van der Waals surface area contributed by atoms with Gasteiger partial charge in [0.05, 0.1) is 22.3 Å². The lowest BCUT2D eigenvalue weighted by Crippen LogP contribution is -2.04. The monoisotopic (exact) mass is 431 g/mol. The number of aryl methyl sites for hydroxylation is 1. The molecule has 1 N–H and O–H groups in total. The van der Waals surface area contributed by atoms with Crippen LogP contribution in [0.3, 0.4) is 0 Å². The van der Waals surface area contributed by atoms with Gasteiger partial charge in [-0.2, -0.15) is 0 Å². The normalized spacial score (nSPS) is 15.3. The van der Waals surface area contributed by atoms with Gasteiger partial charge in [0.2, 0.25) is 0 Å². The minimum Gasteiger partial charge on any atom is -0.328 e. The maximum atomic E-state index is 12.4. The third-order valence-electron chi connectivity index (χ3n) is 3.92. The third kappa shape index (κ3) is 2.33. The lowest BCUT2D eigenvalue weighted by atomic mass is 10.1. The maximum Gasteiger partial charge on any atom is 0.256 e. The number of fused-ring (bicyclic) bond motifs is 2. The van der Waals surface area contributed by atoms with Crippen molar-refractivity contribution >= 4 is 66.1 Å². The molecule has 2 aromatic carbocycles. The lowest BCUT2D eigenvalue weighted by Gasteiger charge is -2.03. The number of anilines is 1. The zero-order chi connectivity index (χ0) is 16.1. The maximum absolute atomic E-state index is 12.4. The summed E-state index contributed by atoms with van der Waals surface area (Å²) >= 11 is 6.96. The van der Waals surface area contributed by atoms with E-state index in [1.54, 1.807) is 0 Å². The van der Waals surface area contributed by atoms with Crippen molar-refractivity contribution < 1.29 is 4.79 Å². The van der Waals surface area contributed by atoms with Crippen LogP contribution in [-0.2, 0) is 11.8 Å². The fraction of sp³-hybridized carbons (Fsp3) is 0.0588. The van der Waals surface area contributed by atoms with Crippen LogP contribution >= 0.6 is 31.9 Å². The van der Waals surface area contributed by atoms with Crippen molar-refractivity contribution in [3.8, 4) is 0 Å². The molecule has 1 aromatic heterocycles. The van der Waals surface area contributed by atoms with E-state index in [9.17, 15) is 4.79 Å². The Morgan fingerprint density at radius 2 is 2.00 bits per heavy atom. The van der Waals surface area contributed by atoms with Gasteiger partial charge in [0.25, 0.3) is 5.91 Å². The largest absolute Gasteiger partial charge is 0.328 e. The van der Waals surface area contributed by atoms with Gasteiger partial charge < -0.3 is 9.88 Å². The lowest BCUT2D eigenvalue weighted by molar-refractivity contribution is -0.110. The highest BCUT2D eigenvalue weighted by atomic mass is 79.9. The van der Waals surface area contributed by atoms with Crippen LogP contribution in [0, 0.1) is 0 Å². The molecular weight excluding hydrogens is 422 g/mol. The zero-order valence-electron chi connectivity index (χ0n) is 12.1. The second-order valence-corrected chi connectivity index (χ2v) is 7.11. The summed E-state index contributed by atoms with van der Waals surface area (Å²) in [5.41, 5.74) is 4.22. The van der Waals surface area contributed by atoms with E-state index in [4.69, 9.17) is 0 Å². The highest BCUT2D eigenvalue weighted by Crippen LogP contribution is 2.40. The Hall–Kier alpha value is -1.92. The second-order valence-electron chi connectivity index (χ2n) is 5.34. The van der Waals surface area contributed by atoms with Crippen LogP contribution in [0.4, 0.5) is 5.69 Å². The van der Waals surface area contributed by atoms with Gasteiger partial charge in [-0.1, -0.05) is 28.1 Å². The SMILES string of the molecule is Cn1c(C=C2C(=O)Nc3c(Br)cc(Br)cc32)nc2ccccc21. The number of nitrogens with zero attached hydrogens (tertiary/aromatic N) is 2. The van der Waals surface area contributed by atoms with E-state index in [0.717, 1.165) is 37.1 Å². The number of rotatable bonds is 1. The molecule has 2 heterocycles. The summed E-state index contributed by atoms with van der Waals surface area (Å²) in [5.74, 6) is 0.631. The summed E-state index contributed by atoms with van der Waals surface area (Å²) < 4.78 is 3.75. The summed E-state index contributed by atoms with van der Waals surface area (Å²) in [6.07, 6.45) is 1.83. The first-order valence-corrected chi connectivity index (χ1v) is 8.57. The van der Waals surface area contributed by atoms with E-state index >= 15 is 0 Å². The van der Waals surface area contributed by atoms with Gasteiger partial charge in [-0.05, 0) is 46.3 Å². The van der Waals surface area contributed by atoms with E-state index < -0.39 is 0 Å². The Morgan fingerprint density at radius 1 is 1.22 bits per heavy atom. The van der Waals surface area contributed by atoms with Crippen LogP contribution < -0.4 is 5.32 Å². The molecule has 0 fully saturated rings. The molecule has 0 radical (unpaired) electrons. The van der Waals surface area contributed by atoms with Crippen molar-refractivity contribution in [2.45, 2.75) is 0 Å². The standard InChI is InChI=1S/C17H11Br2N3O/c1-22-14-5-3-2-4-13(14)20-15(22)8-11-10-6-9(18)7-12(19)16(10)21-17(11)23/h2-8H,1H3,(H,21,23). The van der Waals surface area contributed by atoms with Gasteiger partial charge in [-0.25, -0.2) is 4.98 Å². The van der Waals surface area contributed by atoms with Crippen molar-refractivity contribution in [3.05, 3.63) is 56.7 Å². The third-order valence-corrected chi connectivity index (χ3v) is 5.01. The van der Waals surface area contributed by atoms with E-state index in [1.807, 2.05) is 54.1 Å². The zero-order valence-corrected chi connectivity index (χ0v) is 15.3. The van der Waals surface area contributed by atoms with Crippen LogP contribution in [0.5, 0.6) is 0 Å². The molecule has 23 heavy (non-hydrogen) atoms. The van der Waals surface area contributed by atoms with Crippen molar-refractivity contribution in [3.63, 3.8) is 0 Å². The van der Waals surface area contributed by atoms with Crippen molar-refractivity contribution in [1.82, 2.24) is 9.55 Å². The molecule has 0 spiro atoms. The second kappa shape index (κ2) is 5.32. The fourth-order valence-corrected chi connectivity index (χ4v) is 4.11. The Kier molecular flexibility index (Phi) is 3.39. The molecule has 0 unspecified atom stereocenters. The van der Waals surface area contributed by atoms with Crippen LogP contribution in [0.15, 0.2) is 45.3 Å². The Bertz CT molecular complexity index is 1000. The number of aromatic nitrogens is 2. The molecule has 0 saturated carbocycles. The summed E-state index contributed by atoms with van der Waals surface area (Å²) in [6.45, 7) is 0. The van der Waals surface area contributed by atoms with Crippen LogP contribution in [0.2, 0.25) is 0 Å². The molecule has 1 amide bonds. The van der Waals surface area contributed by atoms with Crippen LogP contribution in [0.25, 0.3) is 22.7 Å². The first kappa shape index (κ1) is 14.7. The molecule has 114 valence electrons. The molecule has 0 saturated heterocycles. The minimum absolute atomic E-state index is 0.120. The molecule has 0 bridgehead atoms. The number of benzene rings is 2. The van der Waals surface area contributed by atoms with E-state index in [-0.39, 0.29) is 5.91 Å².